The molecule has 0 aliphatic carbocycles. The molecule has 3 heterocycles. The molecule has 2 amide bonds. The van der Waals surface area contributed by atoms with Crippen molar-refractivity contribution in [1.82, 2.24) is 14.9 Å². The topological polar surface area (TPSA) is 78.4 Å². The van der Waals surface area contributed by atoms with E-state index in [9.17, 15) is 22.4 Å². The van der Waals surface area contributed by atoms with Gasteiger partial charge in [-0.05, 0) is 48.6 Å². The lowest BCUT2D eigenvalue weighted by Crippen LogP contribution is -2.38. The predicted molar refractivity (Wildman–Crippen MR) is 102 cm³/mol. The average Bonchev–Trinajstić information content (AvgIpc) is 2.72. The Morgan fingerprint density at radius 3 is 2.60 bits per heavy atom. The van der Waals surface area contributed by atoms with E-state index in [4.69, 9.17) is 5.11 Å². The molecule has 1 aliphatic rings. The van der Waals surface area contributed by atoms with Crippen molar-refractivity contribution < 1.29 is 27.5 Å². The molecule has 6 nitrogen and oxygen atoms in total. The summed E-state index contributed by atoms with van der Waals surface area (Å²) in [5.41, 5.74) is 0.708. The molecule has 0 saturated heterocycles. The van der Waals surface area contributed by atoms with Gasteiger partial charge in [-0.1, -0.05) is 6.08 Å². The fourth-order valence-corrected chi connectivity index (χ4v) is 3.03. The van der Waals surface area contributed by atoms with E-state index in [0.29, 0.717) is 43.1 Å². The number of amides is 2. The first-order valence-corrected chi connectivity index (χ1v) is 9.32. The van der Waals surface area contributed by atoms with E-state index in [1.54, 1.807) is 12.3 Å². The van der Waals surface area contributed by atoms with Crippen LogP contribution in [0, 0.1) is 5.82 Å². The first-order valence-electron chi connectivity index (χ1n) is 9.32. The molecule has 10 heteroatoms. The van der Waals surface area contributed by atoms with Crippen LogP contribution in [0.5, 0.6) is 0 Å². The Labute approximate surface area is 170 Å². The molecule has 2 aromatic heterocycles. The van der Waals surface area contributed by atoms with Crippen LogP contribution in [0.15, 0.2) is 36.7 Å². The molecule has 160 valence electrons. The fourth-order valence-electron chi connectivity index (χ4n) is 3.03. The van der Waals surface area contributed by atoms with Gasteiger partial charge in [-0.15, -0.1) is 0 Å². The Balaban J connectivity index is 1.60. The molecule has 30 heavy (non-hydrogen) atoms. The maximum Gasteiger partial charge on any atom is 0.417 e. The van der Waals surface area contributed by atoms with Gasteiger partial charge < -0.3 is 10.0 Å². The van der Waals surface area contributed by atoms with Gasteiger partial charge in [0.05, 0.1) is 5.56 Å². The maximum absolute atomic E-state index is 14.4. The number of alkyl halides is 3. The Kier molecular flexibility index (Phi) is 6.66. The lowest BCUT2D eigenvalue weighted by atomic mass is 10.0. The molecule has 0 atom stereocenters. The zero-order chi connectivity index (χ0) is 21.7. The van der Waals surface area contributed by atoms with Crippen LogP contribution >= 0.6 is 0 Å². The summed E-state index contributed by atoms with van der Waals surface area (Å²) < 4.78 is 52.1. The van der Waals surface area contributed by atoms with Crippen LogP contribution in [0.1, 0.15) is 29.7 Å². The molecule has 3 rings (SSSR count). The number of aryl methyl sites for hydroxylation is 1. The largest absolute Gasteiger partial charge is 0.417 e. The summed E-state index contributed by atoms with van der Waals surface area (Å²) in [5.74, 6) is -0.447. The minimum absolute atomic E-state index is 0.00829. The number of hydrogen-bond acceptors (Lipinski definition) is 4. The van der Waals surface area contributed by atoms with Crippen LogP contribution in [0.3, 0.4) is 0 Å². The van der Waals surface area contributed by atoms with Crippen LogP contribution in [0.4, 0.5) is 28.2 Å². The number of aliphatic hydroxyl groups excluding tert-OH is 1. The van der Waals surface area contributed by atoms with Gasteiger partial charge in [0.1, 0.15) is 17.3 Å². The lowest BCUT2D eigenvalue weighted by Gasteiger charge is -2.26. The highest BCUT2D eigenvalue weighted by atomic mass is 19.4. The first kappa shape index (κ1) is 21.7. The number of anilines is 1. The van der Waals surface area contributed by atoms with Gasteiger partial charge >= 0.3 is 12.2 Å². The summed E-state index contributed by atoms with van der Waals surface area (Å²) >= 11 is 0. The van der Waals surface area contributed by atoms with E-state index < -0.39 is 23.6 Å². The van der Waals surface area contributed by atoms with Crippen molar-refractivity contribution in [2.24, 2.45) is 0 Å². The summed E-state index contributed by atoms with van der Waals surface area (Å²) in [4.78, 5) is 21.5. The normalized spacial score (nSPS) is 14.4. The number of nitrogens with zero attached hydrogens (tertiary/aromatic N) is 3. The lowest BCUT2D eigenvalue weighted by molar-refractivity contribution is -0.137. The highest BCUT2D eigenvalue weighted by Gasteiger charge is 2.30. The molecule has 0 radical (unpaired) electrons. The number of carbonyl (C=O) groups is 1. The van der Waals surface area contributed by atoms with Gasteiger partial charge in [-0.3, -0.25) is 10.3 Å². The SMILES string of the molecule is O=C(Nc1ccc(C(F)(F)F)cn1)N1CC=C(c2ncc(CCCO)cc2F)CC1. The van der Waals surface area contributed by atoms with Gasteiger partial charge in [0.2, 0.25) is 0 Å². The maximum atomic E-state index is 14.4. The quantitative estimate of drug-likeness (QED) is 0.714. The van der Waals surface area contributed by atoms with E-state index in [0.717, 1.165) is 12.1 Å². The molecular formula is C20H20F4N4O2. The van der Waals surface area contributed by atoms with Gasteiger partial charge in [0.25, 0.3) is 0 Å². The van der Waals surface area contributed by atoms with Crippen molar-refractivity contribution in [3.05, 3.63) is 59.3 Å². The number of rotatable bonds is 5. The summed E-state index contributed by atoms with van der Waals surface area (Å²) in [7, 11) is 0. The number of halogens is 4. The van der Waals surface area contributed by atoms with E-state index in [-0.39, 0.29) is 24.7 Å². The van der Waals surface area contributed by atoms with E-state index in [1.807, 2.05) is 0 Å². The van der Waals surface area contributed by atoms with Crippen LogP contribution in [0.25, 0.3) is 5.57 Å². The highest BCUT2D eigenvalue weighted by molar-refractivity contribution is 5.89. The zero-order valence-corrected chi connectivity index (χ0v) is 15.9. The number of hydrogen-bond donors (Lipinski definition) is 2. The molecule has 0 spiro atoms. The molecule has 2 N–H and O–H groups in total. The summed E-state index contributed by atoms with van der Waals surface area (Å²) in [6, 6.07) is 2.82. The molecule has 0 aromatic carbocycles. The second kappa shape index (κ2) is 9.21. The Hall–Kier alpha value is -3.01. The first-order chi connectivity index (χ1) is 14.3. The number of aliphatic hydroxyl groups is 1. The number of carbonyl (C=O) groups excluding carboxylic acids is 1. The smallest absolute Gasteiger partial charge is 0.396 e. The number of pyridine rings is 2. The van der Waals surface area contributed by atoms with Gasteiger partial charge in [-0.25, -0.2) is 14.2 Å². The highest BCUT2D eigenvalue weighted by Crippen LogP contribution is 2.29. The van der Waals surface area contributed by atoms with Crippen molar-refractivity contribution in [2.75, 3.05) is 25.0 Å². The Morgan fingerprint density at radius 1 is 1.23 bits per heavy atom. The number of aromatic nitrogens is 2. The minimum Gasteiger partial charge on any atom is -0.396 e. The fraction of sp³-hybridized carbons (Fsp3) is 0.350. The third-order valence-electron chi connectivity index (χ3n) is 4.65. The Bertz CT molecular complexity index is 929. The molecule has 1 aliphatic heterocycles. The summed E-state index contributed by atoms with van der Waals surface area (Å²) in [6.45, 7) is 0.523. The van der Waals surface area contributed by atoms with Crippen LogP contribution in [0.2, 0.25) is 0 Å². The van der Waals surface area contributed by atoms with E-state index >= 15 is 0 Å². The molecule has 0 fully saturated rings. The standard InChI is InChI=1S/C20H20F4N4O2/c21-16-10-13(2-1-9-29)11-26-18(16)14-5-7-28(8-6-14)19(30)27-17-4-3-15(12-25-17)20(22,23)24/h3-5,10-12,29H,1-2,6-9H2,(H,25,27,30). The third kappa shape index (κ3) is 5.32. The molecule has 0 unspecified atom stereocenters. The van der Waals surface area contributed by atoms with Crippen LogP contribution in [-0.4, -0.2) is 45.7 Å². The van der Waals surface area contributed by atoms with Crippen molar-refractivity contribution in [1.29, 1.82) is 0 Å². The monoisotopic (exact) mass is 424 g/mol. The van der Waals surface area contributed by atoms with Crippen molar-refractivity contribution in [3.8, 4) is 0 Å². The second-order valence-corrected chi connectivity index (χ2v) is 6.79. The van der Waals surface area contributed by atoms with Crippen molar-refractivity contribution >= 4 is 17.4 Å². The summed E-state index contributed by atoms with van der Waals surface area (Å²) in [6.07, 6.45) is 0.874. The van der Waals surface area contributed by atoms with E-state index in [1.165, 1.54) is 11.0 Å². The van der Waals surface area contributed by atoms with Crippen molar-refractivity contribution in [3.63, 3.8) is 0 Å². The van der Waals surface area contributed by atoms with Gasteiger partial charge in [0, 0.05) is 32.1 Å². The second-order valence-electron chi connectivity index (χ2n) is 6.79. The molecule has 0 bridgehead atoms. The average molecular weight is 424 g/mol. The zero-order valence-electron chi connectivity index (χ0n) is 15.9. The van der Waals surface area contributed by atoms with E-state index in [2.05, 4.69) is 15.3 Å². The van der Waals surface area contributed by atoms with Crippen LogP contribution in [-0.2, 0) is 12.6 Å². The molecular weight excluding hydrogens is 404 g/mol. The van der Waals surface area contributed by atoms with Gasteiger partial charge in [0.15, 0.2) is 0 Å². The predicted octanol–water partition coefficient (Wildman–Crippen LogP) is 3.88. The minimum atomic E-state index is -4.50. The van der Waals surface area contributed by atoms with Crippen molar-refractivity contribution in [2.45, 2.75) is 25.4 Å². The van der Waals surface area contributed by atoms with Gasteiger partial charge in [-0.2, -0.15) is 13.2 Å². The molecule has 2 aromatic rings. The Morgan fingerprint density at radius 2 is 2.03 bits per heavy atom. The molecule has 0 saturated carbocycles. The summed E-state index contributed by atoms with van der Waals surface area (Å²) in [5, 5.41) is 11.3. The number of nitrogens with one attached hydrogen (secondary N) is 1. The van der Waals surface area contributed by atoms with Crippen LogP contribution < -0.4 is 5.32 Å². The number of urea groups is 1. The third-order valence-corrected chi connectivity index (χ3v) is 4.65.